The fourth-order valence-electron chi connectivity index (χ4n) is 2.37. The van der Waals surface area contributed by atoms with Crippen LogP contribution < -0.4 is 20.1 Å². The van der Waals surface area contributed by atoms with Crippen molar-refractivity contribution >= 4 is 18.3 Å². The zero-order valence-corrected chi connectivity index (χ0v) is 13.8. The second-order valence-electron chi connectivity index (χ2n) is 5.24. The van der Waals surface area contributed by atoms with Crippen molar-refractivity contribution in [3.63, 3.8) is 0 Å². The van der Waals surface area contributed by atoms with Gasteiger partial charge in [-0.3, -0.25) is 4.79 Å². The minimum absolute atomic E-state index is 0. The Balaban J connectivity index is 0.00000242. The van der Waals surface area contributed by atoms with Crippen LogP contribution in [-0.4, -0.2) is 38.8 Å². The summed E-state index contributed by atoms with van der Waals surface area (Å²) in [4.78, 5) is 11.8. The smallest absolute Gasteiger partial charge is 0.220 e. The van der Waals surface area contributed by atoms with Crippen LogP contribution in [0.5, 0.6) is 11.5 Å². The van der Waals surface area contributed by atoms with Crippen LogP contribution in [0.4, 0.5) is 0 Å². The molecule has 0 spiro atoms. The van der Waals surface area contributed by atoms with Crippen molar-refractivity contribution in [2.75, 3.05) is 26.8 Å². The van der Waals surface area contributed by atoms with E-state index in [2.05, 4.69) is 10.6 Å². The maximum atomic E-state index is 11.8. The zero-order chi connectivity index (χ0) is 14.9. The Morgan fingerprint density at radius 2 is 2.05 bits per heavy atom. The van der Waals surface area contributed by atoms with Gasteiger partial charge in [-0.2, -0.15) is 0 Å². The number of carbonyl (C=O) groups excluding carboxylic acids is 1. The Bertz CT molecular complexity index is 434. The lowest BCUT2D eigenvalue weighted by Crippen LogP contribution is -2.45. The van der Waals surface area contributed by atoms with E-state index in [9.17, 15) is 4.79 Å². The van der Waals surface area contributed by atoms with E-state index in [4.69, 9.17) is 9.47 Å². The average Bonchev–Trinajstić information content (AvgIpc) is 2.53. The molecule has 22 heavy (non-hydrogen) atoms. The summed E-state index contributed by atoms with van der Waals surface area (Å²) in [6.45, 7) is 2.48. The van der Waals surface area contributed by atoms with Crippen molar-refractivity contribution < 1.29 is 14.3 Å². The van der Waals surface area contributed by atoms with Gasteiger partial charge in [0.05, 0.1) is 13.7 Å². The van der Waals surface area contributed by atoms with Gasteiger partial charge in [0.2, 0.25) is 5.91 Å². The molecule has 1 fully saturated rings. The molecule has 1 aromatic rings. The molecule has 2 rings (SSSR count). The van der Waals surface area contributed by atoms with Gasteiger partial charge in [0.1, 0.15) is 11.5 Å². The van der Waals surface area contributed by atoms with Gasteiger partial charge in [-0.05, 0) is 50.1 Å². The van der Waals surface area contributed by atoms with Crippen molar-refractivity contribution in [1.29, 1.82) is 0 Å². The molecule has 0 saturated carbocycles. The molecule has 0 bridgehead atoms. The topological polar surface area (TPSA) is 59.6 Å². The maximum Gasteiger partial charge on any atom is 0.220 e. The molecule has 1 heterocycles. The molecular formula is C16H25ClN2O3. The van der Waals surface area contributed by atoms with Crippen LogP contribution in [-0.2, 0) is 4.79 Å². The lowest BCUT2D eigenvalue weighted by molar-refractivity contribution is -0.122. The van der Waals surface area contributed by atoms with E-state index in [0.29, 0.717) is 13.0 Å². The number of ether oxygens (including phenoxy) is 2. The number of halogens is 1. The van der Waals surface area contributed by atoms with Gasteiger partial charge in [0.25, 0.3) is 0 Å². The van der Waals surface area contributed by atoms with E-state index < -0.39 is 0 Å². The highest BCUT2D eigenvalue weighted by Crippen LogP contribution is 2.17. The second kappa shape index (κ2) is 10.3. The molecule has 5 nitrogen and oxygen atoms in total. The first-order valence-electron chi connectivity index (χ1n) is 7.55. The third-order valence-corrected chi connectivity index (χ3v) is 3.54. The molecule has 1 amide bonds. The fraction of sp³-hybridized carbons (Fsp3) is 0.562. The highest BCUT2D eigenvalue weighted by molar-refractivity contribution is 5.85. The van der Waals surface area contributed by atoms with Crippen LogP contribution in [0, 0.1) is 0 Å². The monoisotopic (exact) mass is 328 g/mol. The SMILES string of the molecule is COc1ccc(OCCCC(=O)NC2CCCNC2)cc1.Cl. The van der Waals surface area contributed by atoms with Crippen molar-refractivity contribution in [3.8, 4) is 11.5 Å². The number of rotatable bonds is 7. The Hall–Kier alpha value is -1.46. The van der Waals surface area contributed by atoms with Crippen molar-refractivity contribution in [1.82, 2.24) is 10.6 Å². The van der Waals surface area contributed by atoms with Gasteiger partial charge in [0.15, 0.2) is 0 Å². The molecule has 1 atom stereocenters. The molecule has 124 valence electrons. The van der Waals surface area contributed by atoms with Gasteiger partial charge >= 0.3 is 0 Å². The molecular weight excluding hydrogens is 304 g/mol. The largest absolute Gasteiger partial charge is 0.497 e. The predicted octanol–water partition coefficient (Wildman–Crippen LogP) is 2.14. The summed E-state index contributed by atoms with van der Waals surface area (Å²) in [5.74, 6) is 1.72. The predicted molar refractivity (Wildman–Crippen MR) is 89.0 cm³/mol. The summed E-state index contributed by atoms with van der Waals surface area (Å²) in [6, 6.07) is 7.74. The van der Waals surface area contributed by atoms with Crippen LogP contribution in [0.15, 0.2) is 24.3 Å². The highest BCUT2D eigenvalue weighted by Gasteiger charge is 2.14. The first kappa shape index (κ1) is 18.6. The third-order valence-electron chi connectivity index (χ3n) is 3.54. The van der Waals surface area contributed by atoms with Gasteiger partial charge < -0.3 is 20.1 Å². The Kier molecular flexibility index (Phi) is 8.70. The average molecular weight is 329 g/mol. The summed E-state index contributed by atoms with van der Waals surface area (Å²) in [7, 11) is 1.64. The molecule has 2 N–H and O–H groups in total. The van der Waals surface area contributed by atoms with Crippen molar-refractivity contribution in [2.45, 2.75) is 31.7 Å². The summed E-state index contributed by atoms with van der Waals surface area (Å²) in [5, 5.41) is 6.35. The summed E-state index contributed by atoms with van der Waals surface area (Å²) >= 11 is 0. The van der Waals surface area contributed by atoms with Gasteiger partial charge in [-0.1, -0.05) is 0 Å². The van der Waals surface area contributed by atoms with E-state index in [1.165, 1.54) is 0 Å². The quantitative estimate of drug-likeness (QED) is 0.753. The van der Waals surface area contributed by atoms with Crippen LogP contribution in [0.3, 0.4) is 0 Å². The van der Waals surface area contributed by atoms with E-state index in [-0.39, 0.29) is 24.4 Å². The number of amides is 1. The zero-order valence-electron chi connectivity index (χ0n) is 13.0. The third kappa shape index (κ3) is 6.54. The molecule has 0 aromatic heterocycles. The van der Waals surface area contributed by atoms with E-state index in [0.717, 1.165) is 43.9 Å². The molecule has 6 heteroatoms. The Morgan fingerprint density at radius 3 is 2.68 bits per heavy atom. The summed E-state index contributed by atoms with van der Waals surface area (Å²) in [6.07, 6.45) is 3.43. The summed E-state index contributed by atoms with van der Waals surface area (Å²) in [5.41, 5.74) is 0. The molecule has 0 aliphatic carbocycles. The lowest BCUT2D eigenvalue weighted by Gasteiger charge is -2.23. The van der Waals surface area contributed by atoms with Crippen LogP contribution in [0.25, 0.3) is 0 Å². The van der Waals surface area contributed by atoms with Crippen molar-refractivity contribution in [3.05, 3.63) is 24.3 Å². The number of piperidine rings is 1. The van der Waals surface area contributed by atoms with Gasteiger partial charge in [-0.15, -0.1) is 12.4 Å². The summed E-state index contributed by atoms with van der Waals surface area (Å²) < 4.78 is 10.7. The Morgan fingerprint density at radius 1 is 1.32 bits per heavy atom. The Labute approximate surface area is 138 Å². The number of nitrogens with one attached hydrogen (secondary N) is 2. The number of hydrogen-bond acceptors (Lipinski definition) is 4. The number of benzene rings is 1. The van der Waals surface area contributed by atoms with Gasteiger partial charge in [0, 0.05) is 19.0 Å². The molecule has 1 aliphatic heterocycles. The van der Waals surface area contributed by atoms with Gasteiger partial charge in [-0.25, -0.2) is 0 Å². The van der Waals surface area contributed by atoms with Crippen molar-refractivity contribution in [2.24, 2.45) is 0 Å². The van der Waals surface area contributed by atoms with E-state index in [1.54, 1.807) is 7.11 Å². The van der Waals surface area contributed by atoms with Crippen LogP contribution in [0.1, 0.15) is 25.7 Å². The number of carbonyl (C=O) groups is 1. The molecule has 1 aromatic carbocycles. The molecule has 1 unspecified atom stereocenters. The first-order chi connectivity index (χ1) is 10.3. The number of hydrogen-bond donors (Lipinski definition) is 2. The normalized spacial score (nSPS) is 17.2. The molecule has 1 aliphatic rings. The van der Waals surface area contributed by atoms with Crippen LogP contribution >= 0.6 is 12.4 Å². The standard InChI is InChI=1S/C16H24N2O3.ClH/c1-20-14-6-8-15(9-7-14)21-11-3-5-16(19)18-13-4-2-10-17-12-13;/h6-9,13,17H,2-5,10-12H2,1H3,(H,18,19);1H. The van der Waals surface area contributed by atoms with E-state index >= 15 is 0 Å². The fourth-order valence-corrected chi connectivity index (χ4v) is 2.37. The molecule has 1 saturated heterocycles. The van der Waals surface area contributed by atoms with Crippen LogP contribution in [0.2, 0.25) is 0 Å². The first-order valence-corrected chi connectivity index (χ1v) is 7.55. The second-order valence-corrected chi connectivity index (χ2v) is 5.24. The maximum absolute atomic E-state index is 11.8. The lowest BCUT2D eigenvalue weighted by atomic mass is 10.1. The highest BCUT2D eigenvalue weighted by atomic mass is 35.5. The molecule has 0 radical (unpaired) electrons. The van der Waals surface area contributed by atoms with E-state index in [1.807, 2.05) is 24.3 Å². The minimum atomic E-state index is 0. The minimum Gasteiger partial charge on any atom is -0.497 e. The number of methoxy groups -OCH3 is 1.